The van der Waals surface area contributed by atoms with E-state index >= 15 is 0 Å². The SMILES string of the molecule is O=C1NC(=O)/C(=C/c2cnn3c(NC4CC4)nc(NCc4ccc(Br)cc4)nc23)N1. The van der Waals surface area contributed by atoms with Gasteiger partial charge in [0.15, 0.2) is 5.65 Å². The van der Waals surface area contributed by atoms with Crippen LogP contribution in [-0.2, 0) is 11.3 Å². The number of nitrogens with zero attached hydrogens (tertiary/aromatic N) is 4. The lowest BCUT2D eigenvalue weighted by molar-refractivity contribution is -0.115. The summed E-state index contributed by atoms with van der Waals surface area (Å²) in [6, 6.07) is 7.79. The maximum absolute atomic E-state index is 11.9. The van der Waals surface area contributed by atoms with Crippen LogP contribution in [0.2, 0.25) is 0 Å². The number of aromatic nitrogens is 4. The van der Waals surface area contributed by atoms with E-state index in [9.17, 15) is 9.59 Å². The van der Waals surface area contributed by atoms with Crippen LogP contribution in [0.15, 0.2) is 40.6 Å². The highest BCUT2D eigenvalue weighted by atomic mass is 79.9. The first-order valence-electron chi connectivity index (χ1n) is 9.40. The number of amides is 3. The molecule has 0 unspecified atom stereocenters. The zero-order chi connectivity index (χ0) is 20.7. The van der Waals surface area contributed by atoms with Crippen LogP contribution in [0.5, 0.6) is 0 Å². The minimum absolute atomic E-state index is 0.148. The zero-order valence-corrected chi connectivity index (χ0v) is 17.2. The van der Waals surface area contributed by atoms with Crippen LogP contribution in [0.1, 0.15) is 24.0 Å². The Hall–Kier alpha value is -3.47. The number of rotatable bonds is 6. The van der Waals surface area contributed by atoms with E-state index in [2.05, 4.69) is 52.3 Å². The van der Waals surface area contributed by atoms with Crippen LogP contribution >= 0.6 is 15.9 Å². The van der Waals surface area contributed by atoms with Gasteiger partial charge in [-0.2, -0.15) is 19.6 Å². The topological polar surface area (TPSA) is 125 Å². The van der Waals surface area contributed by atoms with Gasteiger partial charge in [-0.15, -0.1) is 0 Å². The van der Waals surface area contributed by atoms with Gasteiger partial charge in [0.1, 0.15) is 5.70 Å². The molecule has 1 saturated heterocycles. The summed E-state index contributed by atoms with van der Waals surface area (Å²) in [5.74, 6) is 0.525. The zero-order valence-electron chi connectivity index (χ0n) is 15.6. The van der Waals surface area contributed by atoms with Crippen molar-refractivity contribution in [3.8, 4) is 0 Å². The first-order valence-corrected chi connectivity index (χ1v) is 10.2. The normalized spacial score (nSPS) is 17.3. The molecule has 2 fully saturated rings. The summed E-state index contributed by atoms with van der Waals surface area (Å²) in [4.78, 5) is 32.4. The molecule has 3 aromatic rings. The molecule has 1 aliphatic heterocycles. The number of halogens is 1. The molecule has 11 heteroatoms. The Balaban J connectivity index is 1.49. The van der Waals surface area contributed by atoms with Crippen molar-refractivity contribution in [1.82, 2.24) is 30.2 Å². The first kappa shape index (κ1) is 18.6. The minimum Gasteiger partial charge on any atom is -0.351 e. The maximum Gasteiger partial charge on any atom is 0.326 e. The van der Waals surface area contributed by atoms with Gasteiger partial charge in [0.25, 0.3) is 5.91 Å². The fourth-order valence-electron chi connectivity index (χ4n) is 3.00. The van der Waals surface area contributed by atoms with Gasteiger partial charge in [0, 0.05) is 22.6 Å². The number of fused-ring (bicyclic) bond motifs is 1. The van der Waals surface area contributed by atoms with Crippen molar-refractivity contribution in [3.63, 3.8) is 0 Å². The summed E-state index contributed by atoms with van der Waals surface area (Å²) in [6.07, 6.45) is 5.30. The van der Waals surface area contributed by atoms with Crippen LogP contribution < -0.4 is 21.3 Å². The molecule has 2 aliphatic rings. The van der Waals surface area contributed by atoms with Crippen molar-refractivity contribution in [3.05, 3.63) is 51.8 Å². The van der Waals surface area contributed by atoms with Crippen LogP contribution in [0.4, 0.5) is 16.7 Å². The van der Waals surface area contributed by atoms with Gasteiger partial charge < -0.3 is 16.0 Å². The van der Waals surface area contributed by atoms with Gasteiger partial charge >= 0.3 is 6.03 Å². The Morgan fingerprint density at radius 3 is 2.67 bits per heavy atom. The Bertz CT molecular complexity index is 1180. The first-order chi connectivity index (χ1) is 14.5. The van der Waals surface area contributed by atoms with Crippen molar-refractivity contribution in [2.45, 2.75) is 25.4 Å². The van der Waals surface area contributed by atoms with Gasteiger partial charge in [-0.05, 0) is 36.6 Å². The minimum atomic E-state index is -0.551. The van der Waals surface area contributed by atoms with E-state index in [0.29, 0.717) is 35.7 Å². The number of benzene rings is 1. The number of carbonyl (C=O) groups excluding carboxylic acids is 2. The summed E-state index contributed by atoms with van der Waals surface area (Å²) in [7, 11) is 0. The Morgan fingerprint density at radius 2 is 1.97 bits per heavy atom. The third-order valence-electron chi connectivity index (χ3n) is 4.69. The van der Waals surface area contributed by atoms with E-state index < -0.39 is 11.9 Å². The lowest BCUT2D eigenvalue weighted by Gasteiger charge is -2.10. The molecule has 2 aromatic heterocycles. The second-order valence-electron chi connectivity index (χ2n) is 7.07. The number of imide groups is 1. The third kappa shape index (κ3) is 3.83. The van der Waals surface area contributed by atoms with Crippen LogP contribution in [-0.4, -0.2) is 37.6 Å². The van der Waals surface area contributed by atoms with Crippen molar-refractivity contribution >= 4 is 51.5 Å². The van der Waals surface area contributed by atoms with Crippen molar-refractivity contribution in [2.24, 2.45) is 0 Å². The Morgan fingerprint density at radius 1 is 1.17 bits per heavy atom. The van der Waals surface area contributed by atoms with Crippen LogP contribution in [0.25, 0.3) is 11.7 Å². The number of hydrogen-bond acceptors (Lipinski definition) is 7. The Kier molecular flexibility index (Phi) is 4.58. The summed E-state index contributed by atoms with van der Waals surface area (Å²) < 4.78 is 2.62. The third-order valence-corrected chi connectivity index (χ3v) is 5.22. The number of carbonyl (C=O) groups is 2. The molecule has 30 heavy (non-hydrogen) atoms. The molecule has 1 saturated carbocycles. The Labute approximate surface area is 179 Å². The van der Waals surface area contributed by atoms with Crippen molar-refractivity contribution in [1.29, 1.82) is 0 Å². The van der Waals surface area contributed by atoms with E-state index in [1.165, 1.54) is 0 Å². The molecule has 3 heterocycles. The molecule has 0 atom stereocenters. The molecule has 0 spiro atoms. The summed E-state index contributed by atoms with van der Waals surface area (Å²) in [5, 5.41) is 15.6. The summed E-state index contributed by atoms with van der Waals surface area (Å²) in [6.45, 7) is 0.551. The number of nitrogens with one attached hydrogen (secondary N) is 4. The summed E-state index contributed by atoms with van der Waals surface area (Å²) in [5.41, 5.74) is 2.34. The maximum atomic E-state index is 11.9. The van der Waals surface area contributed by atoms with Gasteiger partial charge in [-0.3, -0.25) is 10.1 Å². The number of anilines is 2. The fraction of sp³-hybridized carbons (Fsp3) is 0.211. The molecule has 3 amide bonds. The van der Waals surface area contributed by atoms with Crippen LogP contribution in [0.3, 0.4) is 0 Å². The number of urea groups is 1. The molecule has 4 N–H and O–H groups in total. The fourth-order valence-corrected chi connectivity index (χ4v) is 3.26. The molecule has 0 bridgehead atoms. The predicted molar refractivity (Wildman–Crippen MR) is 114 cm³/mol. The highest BCUT2D eigenvalue weighted by molar-refractivity contribution is 9.10. The van der Waals surface area contributed by atoms with E-state index in [4.69, 9.17) is 0 Å². The van der Waals surface area contributed by atoms with Gasteiger partial charge in [0.05, 0.1) is 6.20 Å². The molecule has 5 rings (SSSR count). The van der Waals surface area contributed by atoms with Gasteiger partial charge in [-0.25, -0.2) is 4.79 Å². The lowest BCUT2D eigenvalue weighted by atomic mass is 10.2. The highest BCUT2D eigenvalue weighted by Gasteiger charge is 2.25. The molecule has 152 valence electrons. The van der Waals surface area contributed by atoms with E-state index in [1.54, 1.807) is 16.8 Å². The van der Waals surface area contributed by atoms with Crippen molar-refractivity contribution in [2.75, 3.05) is 10.6 Å². The van der Waals surface area contributed by atoms with Crippen LogP contribution in [0, 0.1) is 0 Å². The second kappa shape index (κ2) is 7.41. The summed E-state index contributed by atoms with van der Waals surface area (Å²) >= 11 is 3.43. The molecule has 1 aromatic carbocycles. The molecular formula is C19H17BrN8O2. The molecule has 1 aliphatic carbocycles. The average molecular weight is 469 g/mol. The quantitative estimate of drug-likeness (QED) is 0.322. The monoisotopic (exact) mass is 468 g/mol. The standard InChI is InChI=1S/C19H17BrN8O2/c20-12-3-1-10(2-4-12)8-21-17-25-15-11(7-14-16(29)26-19(30)24-14)9-22-28(15)18(27-17)23-13-5-6-13/h1-4,7,9,13H,5-6,8H2,(H2,21,23,25,27)(H2,24,26,29,30)/b14-7-. The average Bonchev–Trinajstić information content (AvgIpc) is 3.36. The molecule has 10 nitrogen and oxygen atoms in total. The molecule has 0 radical (unpaired) electrons. The predicted octanol–water partition coefficient (Wildman–Crippen LogP) is 2.25. The van der Waals surface area contributed by atoms with E-state index in [0.717, 1.165) is 22.9 Å². The number of hydrogen-bond donors (Lipinski definition) is 4. The van der Waals surface area contributed by atoms with Gasteiger partial charge in [-0.1, -0.05) is 28.1 Å². The lowest BCUT2D eigenvalue weighted by Crippen LogP contribution is -2.22. The largest absolute Gasteiger partial charge is 0.351 e. The van der Waals surface area contributed by atoms with Crippen molar-refractivity contribution < 1.29 is 9.59 Å². The smallest absolute Gasteiger partial charge is 0.326 e. The van der Waals surface area contributed by atoms with E-state index in [1.807, 2.05) is 24.3 Å². The molecular weight excluding hydrogens is 452 g/mol. The van der Waals surface area contributed by atoms with E-state index in [-0.39, 0.29) is 5.70 Å². The highest BCUT2D eigenvalue weighted by Crippen LogP contribution is 2.26. The second-order valence-corrected chi connectivity index (χ2v) is 7.99. The van der Waals surface area contributed by atoms with Gasteiger partial charge in [0.2, 0.25) is 11.9 Å².